The van der Waals surface area contributed by atoms with E-state index in [1.165, 1.54) is 18.4 Å². The van der Waals surface area contributed by atoms with Crippen molar-refractivity contribution >= 4 is 35.6 Å². The zero-order valence-corrected chi connectivity index (χ0v) is 14.8. The number of rotatable bonds is 5. The summed E-state index contributed by atoms with van der Waals surface area (Å²) in [6, 6.07) is 7.97. The molecule has 0 bridgehead atoms. The Bertz CT molecular complexity index is 648. The Labute approximate surface area is 146 Å². The number of aryl methyl sites for hydroxylation is 1. The fraction of sp³-hybridized carbons (Fsp3) is 0.429. The third-order valence-corrected chi connectivity index (χ3v) is 3.42. The molecule has 2 aromatic rings. The molecule has 1 saturated carbocycles. The van der Waals surface area contributed by atoms with E-state index in [2.05, 4.69) is 25.8 Å². The highest BCUT2D eigenvalue weighted by Gasteiger charge is 2.23. The predicted octanol–water partition coefficient (Wildman–Crippen LogP) is 1.94. The smallest absolute Gasteiger partial charge is 0.193 e. The van der Waals surface area contributed by atoms with Crippen molar-refractivity contribution in [2.24, 2.45) is 16.6 Å². The number of aromatic nitrogens is 4. The van der Waals surface area contributed by atoms with Crippen LogP contribution in [0.5, 0.6) is 0 Å². The lowest BCUT2D eigenvalue weighted by atomic mass is 10.2. The van der Waals surface area contributed by atoms with Crippen LogP contribution in [-0.2, 0) is 13.1 Å². The van der Waals surface area contributed by atoms with Crippen LogP contribution in [0.2, 0.25) is 0 Å². The molecule has 0 radical (unpaired) electrons. The number of guanidine groups is 1. The Morgan fingerprint density at radius 1 is 1.45 bits per heavy atom. The van der Waals surface area contributed by atoms with E-state index in [0.29, 0.717) is 12.5 Å². The van der Waals surface area contributed by atoms with Gasteiger partial charge in [-0.25, -0.2) is 9.67 Å². The first kappa shape index (κ1) is 16.7. The van der Waals surface area contributed by atoms with Gasteiger partial charge in [-0.15, -0.1) is 29.1 Å². The molecule has 7 nitrogen and oxygen atoms in total. The van der Waals surface area contributed by atoms with Gasteiger partial charge in [-0.1, -0.05) is 12.1 Å². The van der Waals surface area contributed by atoms with E-state index >= 15 is 0 Å². The Morgan fingerprint density at radius 2 is 2.27 bits per heavy atom. The molecule has 3 rings (SSSR count). The van der Waals surface area contributed by atoms with Gasteiger partial charge in [0.1, 0.15) is 6.54 Å². The zero-order chi connectivity index (χ0) is 14.7. The minimum atomic E-state index is 0. The highest BCUT2D eigenvalue weighted by molar-refractivity contribution is 14.0. The number of nitrogens with zero attached hydrogens (tertiary/aromatic N) is 5. The lowest BCUT2D eigenvalue weighted by Crippen LogP contribution is -2.23. The van der Waals surface area contributed by atoms with Crippen LogP contribution in [0.25, 0.3) is 0 Å². The molecule has 0 spiro atoms. The second-order valence-electron chi connectivity index (χ2n) is 5.42. The Hall–Kier alpha value is -1.71. The van der Waals surface area contributed by atoms with Gasteiger partial charge in [0.15, 0.2) is 11.8 Å². The molecule has 118 valence electrons. The van der Waals surface area contributed by atoms with Gasteiger partial charge >= 0.3 is 0 Å². The molecule has 22 heavy (non-hydrogen) atoms. The van der Waals surface area contributed by atoms with Gasteiger partial charge in [0.05, 0.1) is 0 Å². The van der Waals surface area contributed by atoms with Gasteiger partial charge in [0, 0.05) is 12.2 Å². The number of halogens is 1. The number of benzene rings is 1. The topological polar surface area (TPSA) is 94.0 Å². The first-order valence-electron chi connectivity index (χ1n) is 7.09. The fourth-order valence-electron chi connectivity index (χ4n) is 2.09. The molecule has 1 aliphatic rings. The number of aliphatic imine (C=N–C) groups is 1. The van der Waals surface area contributed by atoms with E-state index in [1.807, 2.05) is 35.9 Å². The van der Waals surface area contributed by atoms with E-state index in [4.69, 9.17) is 5.73 Å². The number of anilines is 1. The molecule has 3 N–H and O–H groups in total. The molecule has 0 aliphatic heterocycles. The number of nitrogens with two attached hydrogens (primary N) is 1. The lowest BCUT2D eigenvalue weighted by molar-refractivity contribution is 0.524. The van der Waals surface area contributed by atoms with Crippen molar-refractivity contribution in [1.29, 1.82) is 0 Å². The number of hydrogen-bond donors (Lipinski definition) is 2. The van der Waals surface area contributed by atoms with E-state index in [9.17, 15) is 0 Å². The third kappa shape index (κ3) is 4.65. The second kappa shape index (κ2) is 7.52. The summed E-state index contributed by atoms with van der Waals surface area (Å²) in [6.45, 7) is 3.29. The van der Waals surface area contributed by atoms with Crippen molar-refractivity contribution in [3.63, 3.8) is 0 Å². The zero-order valence-electron chi connectivity index (χ0n) is 12.4. The summed E-state index contributed by atoms with van der Waals surface area (Å²) in [5.74, 6) is 1.83. The second-order valence-corrected chi connectivity index (χ2v) is 5.42. The SMILES string of the molecule is Cc1cccc(NC(N)=NCc2nnnn2CC2CC2)c1.I. The molecule has 1 aliphatic carbocycles. The van der Waals surface area contributed by atoms with Crippen LogP contribution < -0.4 is 11.1 Å². The van der Waals surface area contributed by atoms with Crippen LogP contribution >= 0.6 is 24.0 Å². The average Bonchev–Trinajstić information content (AvgIpc) is 3.14. The van der Waals surface area contributed by atoms with Crippen molar-refractivity contribution in [3.05, 3.63) is 35.7 Å². The van der Waals surface area contributed by atoms with Crippen LogP contribution in [0.4, 0.5) is 5.69 Å². The first-order chi connectivity index (χ1) is 10.2. The maximum absolute atomic E-state index is 5.90. The van der Waals surface area contributed by atoms with Gasteiger partial charge in [-0.2, -0.15) is 0 Å². The monoisotopic (exact) mass is 413 g/mol. The molecular weight excluding hydrogens is 393 g/mol. The molecule has 0 unspecified atom stereocenters. The number of nitrogens with one attached hydrogen (secondary N) is 1. The highest BCUT2D eigenvalue weighted by Crippen LogP contribution is 2.30. The largest absolute Gasteiger partial charge is 0.370 e. The molecule has 0 saturated heterocycles. The fourth-order valence-corrected chi connectivity index (χ4v) is 2.09. The van der Waals surface area contributed by atoms with Gasteiger partial charge in [-0.3, -0.25) is 0 Å². The van der Waals surface area contributed by atoms with Crippen LogP contribution in [0.3, 0.4) is 0 Å². The highest BCUT2D eigenvalue weighted by atomic mass is 127. The van der Waals surface area contributed by atoms with E-state index < -0.39 is 0 Å². The lowest BCUT2D eigenvalue weighted by Gasteiger charge is -2.06. The molecule has 1 aromatic carbocycles. The molecule has 1 heterocycles. The van der Waals surface area contributed by atoms with Crippen LogP contribution in [0.1, 0.15) is 24.2 Å². The van der Waals surface area contributed by atoms with Crippen LogP contribution in [-0.4, -0.2) is 26.2 Å². The maximum Gasteiger partial charge on any atom is 0.193 e. The van der Waals surface area contributed by atoms with Gasteiger partial charge in [-0.05, 0) is 53.8 Å². The quantitative estimate of drug-likeness (QED) is 0.444. The van der Waals surface area contributed by atoms with Crippen molar-refractivity contribution in [3.8, 4) is 0 Å². The van der Waals surface area contributed by atoms with E-state index in [-0.39, 0.29) is 24.0 Å². The molecule has 0 atom stereocenters. The van der Waals surface area contributed by atoms with Crippen molar-refractivity contribution in [1.82, 2.24) is 20.2 Å². The number of hydrogen-bond acceptors (Lipinski definition) is 4. The van der Waals surface area contributed by atoms with Gasteiger partial charge in [0.25, 0.3) is 0 Å². The maximum atomic E-state index is 5.90. The Balaban J connectivity index is 0.00000176. The van der Waals surface area contributed by atoms with Crippen molar-refractivity contribution < 1.29 is 0 Å². The molecular formula is C14H20IN7. The van der Waals surface area contributed by atoms with Gasteiger partial charge in [0.2, 0.25) is 0 Å². The van der Waals surface area contributed by atoms with Crippen LogP contribution in [0, 0.1) is 12.8 Å². The molecule has 1 aromatic heterocycles. The van der Waals surface area contributed by atoms with Crippen LogP contribution in [0.15, 0.2) is 29.3 Å². The normalized spacial score (nSPS) is 14.5. The molecule has 0 amide bonds. The standard InChI is InChI=1S/C14H19N7.HI/c1-10-3-2-4-12(7-10)17-14(15)16-8-13-18-19-20-21(13)9-11-5-6-11;/h2-4,7,11H,5-6,8-9H2,1H3,(H3,15,16,17);1H. The van der Waals surface area contributed by atoms with Crippen molar-refractivity contribution in [2.45, 2.75) is 32.9 Å². The summed E-state index contributed by atoms with van der Waals surface area (Å²) in [5.41, 5.74) is 7.99. The number of tetrazole rings is 1. The molecule has 1 fully saturated rings. The predicted molar refractivity (Wildman–Crippen MR) is 96.1 cm³/mol. The summed E-state index contributed by atoms with van der Waals surface area (Å²) in [6.07, 6.45) is 2.53. The summed E-state index contributed by atoms with van der Waals surface area (Å²) >= 11 is 0. The average molecular weight is 413 g/mol. The van der Waals surface area contributed by atoms with E-state index in [0.717, 1.165) is 24.0 Å². The third-order valence-electron chi connectivity index (χ3n) is 3.42. The Morgan fingerprint density at radius 3 is 3.00 bits per heavy atom. The minimum absolute atomic E-state index is 0. The van der Waals surface area contributed by atoms with E-state index in [1.54, 1.807) is 0 Å². The Kier molecular flexibility index (Phi) is 5.69. The summed E-state index contributed by atoms with van der Waals surface area (Å²) in [7, 11) is 0. The summed E-state index contributed by atoms with van der Waals surface area (Å²) in [5, 5.41) is 14.8. The minimum Gasteiger partial charge on any atom is -0.370 e. The van der Waals surface area contributed by atoms with Gasteiger partial charge < -0.3 is 11.1 Å². The summed E-state index contributed by atoms with van der Waals surface area (Å²) < 4.78 is 1.82. The molecule has 8 heteroatoms. The van der Waals surface area contributed by atoms with Crippen molar-refractivity contribution in [2.75, 3.05) is 5.32 Å². The first-order valence-corrected chi connectivity index (χ1v) is 7.09. The summed E-state index contributed by atoms with van der Waals surface area (Å²) in [4.78, 5) is 4.30.